The highest BCUT2D eigenvalue weighted by Gasteiger charge is 2.72. The predicted molar refractivity (Wildman–Crippen MR) is 81.8 cm³/mol. The van der Waals surface area contributed by atoms with Gasteiger partial charge in [-0.3, -0.25) is 4.79 Å². The van der Waals surface area contributed by atoms with E-state index in [0.29, 0.717) is 10.8 Å². The van der Waals surface area contributed by atoms with Crippen molar-refractivity contribution < 1.29 is 46.5 Å². The molecule has 0 amide bonds. The summed E-state index contributed by atoms with van der Waals surface area (Å²) in [4.78, 5) is 11.0. The second kappa shape index (κ2) is 6.68. The van der Waals surface area contributed by atoms with Crippen LogP contribution in [0.2, 0.25) is 0 Å². The Hall–Kier alpha value is -2.33. The number of alkyl halides is 6. The van der Waals surface area contributed by atoms with Crippen LogP contribution >= 0.6 is 0 Å². The van der Waals surface area contributed by atoms with Crippen LogP contribution in [-0.2, 0) is 10.4 Å². The van der Waals surface area contributed by atoms with Crippen molar-refractivity contribution in [2.45, 2.75) is 36.4 Å². The fourth-order valence-corrected chi connectivity index (χ4v) is 2.78. The van der Waals surface area contributed by atoms with Gasteiger partial charge in [0.15, 0.2) is 0 Å². The monoisotopic (exact) mass is 396 g/mol. The van der Waals surface area contributed by atoms with Gasteiger partial charge in [-0.25, -0.2) is 0 Å². The Morgan fingerprint density at radius 2 is 1.37 bits per heavy atom. The minimum absolute atomic E-state index is 0.362. The molecular formula is C17H14F6O4. The maximum absolute atomic E-state index is 13.0. The van der Waals surface area contributed by atoms with Crippen LogP contribution in [0, 0.1) is 0 Å². The number of carbonyl (C=O) groups is 1. The lowest BCUT2D eigenvalue weighted by atomic mass is 9.78. The Kier molecular flexibility index (Phi) is 5.19. The second-order valence-electron chi connectivity index (χ2n) is 6.20. The summed E-state index contributed by atoms with van der Waals surface area (Å²) >= 11 is 0. The number of hydrogen-bond acceptors (Lipinski definition) is 3. The van der Waals surface area contributed by atoms with Crippen LogP contribution in [-0.4, -0.2) is 39.2 Å². The largest absolute Gasteiger partial charge is 0.481 e. The lowest BCUT2D eigenvalue weighted by Gasteiger charge is -2.39. The van der Waals surface area contributed by atoms with E-state index in [4.69, 9.17) is 5.11 Å². The molecule has 0 bridgehead atoms. The van der Waals surface area contributed by atoms with Gasteiger partial charge in [0, 0.05) is 6.42 Å². The second-order valence-corrected chi connectivity index (χ2v) is 6.20. The van der Waals surface area contributed by atoms with Crippen molar-refractivity contribution in [2.75, 3.05) is 0 Å². The predicted octanol–water partition coefficient (Wildman–Crippen LogP) is 3.75. The van der Waals surface area contributed by atoms with E-state index in [1.54, 1.807) is 18.2 Å². The molecule has 4 nitrogen and oxygen atoms in total. The van der Waals surface area contributed by atoms with Gasteiger partial charge >= 0.3 is 18.3 Å². The molecule has 2 aromatic rings. The molecule has 0 aromatic heterocycles. The maximum Gasteiger partial charge on any atom is 0.426 e. The smallest absolute Gasteiger partial charge is 0.426 e. The van der Waals surface area contributed by atoms with E-state index < -0.39 is 47.9 Å². The first-order chi connectivity index (χ1) is 12.2. The summed E-state index contributed by atoms with van der Waals surface area (Å²) in [5, 5.41) is 29.8. The molecule has 2 rings (SSSR count). The Morgan fingerprint density at radius 1 is 0.852 bits per heavy atom. The first-order valence-corrected chi connectivity index (χ1v) is 7.49. The minimum atomic E-state index is -6.19. The van der Waals surface area contributed by atoms with Crippen molar-refractivity contribution in [3.05, 3.63) is 48.0 Å². The van der Waals surface area contributed by atoms with Gasteiger partial charge in [-0.1, -0.05) is 36.4 Å². The van der Waals surface area contributed by atoms with E-state index in [1.807, 2.05) is 0 Å². The van der Waals surface area contributed by atoms with Crippen molar-refractivity contribution in [1.29, 1.82) is 0 Å². The zero-order valence-electron chi connectivity index (χ0n) is 13.5. The molecule has 0 saturated heterocycles. The molecule has 0 heterocycles. The fourth-order valence-electron chi connectivity index (χ4n) is 2.78. The van der Waals surface area contributed by atoms with Gasteiger partial charge < -0.3 is 15.3 Å². The zero-order valence-corrected chi connectivity index (χ0v) is 13.5. The zero-order chi connectivity index (χ0) is 20.7. The van der Waals surface area contributed by atoms with Gasteiger partial charge in [-0.05, 0) is 22.4 Å². The van der Waals surface area contributed by atoms with Crippen LogP contribution in [0.5, 0.6) is 0 Å². The molecule has 0 aliphatic rings. The van der Waals surface area contributed by atoms with Crippen LogP contribution in [0.4, 0.5) is 26.3 Å². The number of benzene rings is 2. The van der Waals surface area contributed by atoms with E-state index in [-0.39, 0.29) is 0 Å². The van der Waals surface area contributed by atoms with Gasteiger partial charge in [0.05, 0.1) is 6.42 Å². The molecule has 0 aliphatic heterocycles. The molecule has 0 spiro atoms. The molecule has 0 fully saturated rings. The third-order valence-electron chi connectivity index (χ3n) is 4.22. The summed E-state index contributed by atoms with van der Waals surface area (Å²) in [6.45, 7) is 0. The number of aliphatic carboxylic acids is 1. The summed E-state index contributed by atoms with van der Waals surface area (Å²) in [5.41, 5.74) is -8.92. The van der Waals surface area contributed by atoms with Gasteiger partial charge in [-0.15, -0.1) is 0 Å². The third kappa shape index (κ3) is 4.01. The first-order valence-electron chi connectivity index (χ1n) is 7.49. The Labute approximate surface area is 148 Å². The highest BCUT2D eigenvalue weighted by atomic mass is 19.4. The lowest BCUT2D eigenvalue weighted by molar-refractivity contribution is -0.379. The molecule has 0 radical (unpaired) electrons. The highest BCUT2D eigenvalue weighted by Crippen LogP contribution is 2.50. The van der Waals surface area contributed by atoms with Crippen molar-refractivity contribution >= 4 is 16.7 Å². The summed E-state index contributed by atoms with van der Waals surface area (Å²) in [7, 11) is 0. The Bertz CT molecular complexity index is 831. The van der Waals surface area contributed by atoms with E-state index in [9.17, 15) is 41.4 Å². The number of aliphatic hydroxyl groups is 2. The SMILES string of the molecule is O=C(O)CC(O)(CC(O)(C(F)(F)F)C(F)(F)F)c1ccc2ccccc2c1. The number of carboxylic acid groups (broad SMARTS) is 1. The number of hydrogen-bond donors (Lipinski definition) is 3. The molecule has 10 heteroatoms. The molecule has 148 valence electrons. The molecule has 27 heavy (non-hydrogen) atoms. The molecule has 2 aromatic carbocycles. The molecule has 1 unspecified atom stereocenters. The molecule has 0 saturated carbocycles. The van der Waals surface area contributed by atoms with Crippen LogP contribution in [0.15, 0.2) is 42.5 Å². The van der Waals surface area contributed by atoms with Crippen molar-refractivity contribution in [2.24, 2.45) is 0 Å². The quantitative estimate of drug-likeness (QED) is 0.673. The van der Waals surface area contributed by atoms with E-state index in [0.717, 1.165) is 12.1 Å². The van der Waals surface area contributed by atoms with Gasteiger partial charge in [-0.2, -0.15) is 26.3 Å². The number of fused-ring (bicyclic) bond motifs is 1. The molecule has 3 N–H and O–H groups in total. The van der Waals surface area contributed by atoms with Crippen molar-refractivity contribution in [3.8, 4) is 0 Å². The standard InChI is InChI=1S/C17H14F6O4/c18-16(19,20)15(27,17(21,22)23)9-14(26,8-13(24)25)12-6-5-10-3-1-2-4-11(10)7-12/h1-7,26-27H,8-9H2,(H,24,25). The summed E-state index contributed by atoms with van der Waals surface area (Å²) in [5.74, 6) is -1.84. The average Bonchev–Trinajstić information content (AvgIpc) is 2.51. The van der Waals surface area contributed by atoms with E-state index in [1.165, 1.54) is 12.1 Å². The lowest BCUT2D eigenvalue weighted by Crippen LogP contribution is -2.60. The molecule has 0 aliphatic carbocycles. The van der Waals surface area contributed by atoms with Gasteiger partial charge in [0.2, 0.25) is 0 Å². The number of halogens is 6. The molecule has 1 atom stereocenters. The Morgan fingerprint density at radius 3 is 1.85 bits per heavy atom. The summed E-state index contributed by atoms with van der Waals surface area (Å²) in [6, 6.07) is 9.71. The van der Waals surface area contributed by atoms with Crippen LogP contribution in [0.3, 0.4) is 0 Å². The van der Waals surface area contributed by atoms with Crippen LogP contribution in [0.25, 0.3) is 10.8 Å². The Balaban J connectivity index is 2.62. The maximum atomic E-state index is 13.0. The van der Waals surface area contributed by atoms with Crippen molar-refractivity contribution in [1.82, 2.24) is 0 Å². The van der Waals surface area contributed by atoms with E-state index >= 15 is 0 Å². The van der Waals surface area contributed by atoms with Gasteiger partial charge in [0.1, 0.15) is 5.60 Å². The number of rotatable bonds is 5. The average molecular weight is 396 g/mol. The highest BCUT2D eigenvalue weighted by molar-refractivity contribution is 5.83. The van der Waals surface area contributed by atoms with Crippen LogP contribution in [0.1, 0.15) is 18.4 Å². The minimum Gasteiger partial charge on any atom is -0.481 e. The molecular weight excluding hydrogens is 382 g/mol. The fraction of sp³-hybridized carbons (Fsp3) is 0.353. The summed E-state index contributed by atoms with van der Waals surface area (Å²) < 4.78 is 78.0. The topological polar surface area (TPSA) is 77.8 Å². The van der Waals surface area contributed by atoms with E-state index in [2.05, 4.69) is 0 Å². The van der Waals surface area contributed by atoms with Crippen molar-refractivity contribution in [3.63, 3.8) is 0 Å². The normalized spacial score (nSPS) is 15.6. The van der Waals surface area contributed by atoms with Crippen LogP contribution < -0.4 is 0 Å². The third-order valence-corrected chi connectivity index (χ3v) is 4.22. The summed E-state index contributed by atoms with van der Waals surface area (Å²) in [6.07, 6.45) is -16.2. The first kappa shape index (κ1) is 21.0. The van der Waals surface area contributed by atoms with Gasteiger partial charge in [0.25, 0.3) is 5.60 Å². The number of carboxylic acids is 1.